The van der Waals surface area contributed by atoms with Crippen LogP contribution in [0.25, 0.3) is 6.08 Å². The topological polar surface area (TPSA) is 60.4 Å². The van der Waals surface area contributed by atoms with Crippen LogP contribution in [0.4, 0.5) is 10.1 Å². The van der Waals surface area contributed by atoms with Gasteiger partial charge in [-0.1, -0.05) is 24.3 Å². The van der Waals surface area contributed by atoms with Gasteiger partial charge in [-0.15, -0.1) is 0 Å². The van der Waals surface area contributed by atoms with Crippen molar-refractivity contribution in [3.8, 4) is 17.2 Å². The number of aliphatic imine (C=N–C) groups is 1. The second-order valence-corrected chi connectivity index (χ2v) is 6.90. The first-order valence-electron chi connectivity index (χ1n) is 9.81. The molecule has 0 aromatic heterocycles. The Labute approximate surface area is 185 Å². The van der Waals surface area contributed by atoms with Crippen LogP contribution in [0.3, 0.4) is 0 Å². The lowest BCUT2D eigenvalue weighted by atomic mass is 10.1. The number of benzene rings is 3. The third-order valence-electron chi connectivity index (χ3n) is 5.00. The molecule has 0 spiro atoms. The summed E-state index contributed by atoms with van der Waals surface area (Å²) in [5, 5.41) is 0. The molecule has 32 heavy (non-hydrogen) atoms. The molecule has 4 rings (SSSR count). The summed E-state index contributed by atoms with van der Waals surface area (Å²) in [5.41, 5.74) is 1.88. The molecule has 0 atom stereocenters. The molecule has 6 nitrogen and oxygen atoms in total. The summed E-state index contributed by atoms with van der Waals surface area (Å²) in [7, 11) is 4.63. The van der Waals surface area contributed by atoms with Crippen molar-refractivity contribution in [3.63, 3.8) is 0 Å². The molecular formula is C25H21FN2O4. The van der Waals surface area contributed by atoms with Crippen LogP contribution in [0.5, 0.6) is 17.2 Å². The molecule has 0 fully saturated rings. The van der Waals surface area contributed by atoms with Crippen molar-refractivity contribution in [2.24, 2.45) is 4.99 Å². The number of carbonyl (C=O) groups is 1. The number of amides is 1. The predicted molar refractivity (Wildman–Crippen MR) is 121 cm³/mol. The van der Waals surface area contributed by atoms with Gasteiger partial charge in [0, 0.05) is 11.1 Å². The van der Waals surface area contributed by atoms with Crippen LogP contribution in [0.2, 0.25) is 0 Å². The van der Waals surface area contributed by atoms with Gasteiger partial charge in [-0.3, -0.25) is 9.69 Å². The van der Waals surface area contributed by atoms with Gasteiger partial charge < -0.3 is 14.2 Å². The molecule has 0 N–H and O–H groups in total. The summed E-state index contributed by atoms with van der Waals surface area (Å²) in [6, 6.07) is 18.4. The van der Waals surface area contributed by atoms with Crippen LogP contribution in [-0.2, 0) is 4.79 Å². The molecule has 3 aromatic rings. The maximum atomic E-state index is 14.0. The molecule has 7 heteroatoms. The molecule has 1 aliphatic rings. The zero-order chi connectivity index (χ0) is 22.7. The lowest BCUT2D eigenvalue weighted by Crippen LogP contribution is -2.32. The van der Waals surface area contributed by atoms with Gasteiger partial charge in [0.15, 0.2) is 11.5 Å². The molecule has 162 valence electrons. The molecule has 0 saturated heterocycles. The van der Waals surface area contributed by atoms with E-state index in [0.29, 0.717) is 39.9 Å². The lowest BCUT2D eigenvalue weighted by molar-refractivity contribution is -0.113. The Balaban J connectivity index is 1.87. The molecule has 1 aliphatic heterocycles. The summed E-state index contributed by atoms with van der Waals surface area (Å²) >= 11 is 0. The van der Waals surface area contributed by atoms with Gasteiger partial charge in [-0.2, -0.15) is 0 Å². The molecule has 0 aliphatic carbocycles. The molecule has 0 radical (unpaired) electrons. The summed E-state index contributed by atoms with van der Waals surface area (Å²) in [6.45, 7) is 0. The number of para-hydroxylation sites is 1. The van der Waals surface area contributed by atoms with Gasteiger partial charge in [-0.25, -0.2) is 9.38 Å². The number of anilines is 1. The highest BCUT2D eigenvalue weighted by molar-refractivity contribution is 6.33. The number of amidine groups is 1. The maximum absolute atomic E-state index is 14.0. The van der Waals surface area contributed by atoms with Crippen molar-refractivity contribution in [1.82, 2.24) is 0 Å². The van der Waals surface area contributed by atoms with Crippen molar-refractivity contribution >= 4 is 23.5 Å². The molecule has 1 amide bonds. The standard InChI is InChI=1S/C25H21FN2O4/c1-30-21-10-5-4-7-16(21)13-20-25(29)28(19-9-6-8-18(26)15-19)24(27-20)17-11-12-22(31-2)23(14-17)32-3/h4-15H,1-3H3/b20-13-. The second kappa shape index (κ2) is 8.93. The molecule has 3 aromatic carbocycles. The minimum atomic E-state index is -0.455. The fourth-order valence-corrected chi connectivity index (χ4v) is 3.47. The van der Waals surface area contributed by atoms with E-state index in [4.69, 9.17) is 14.2 Å². The Morgan fingerprint density at radius 1 is 0.844 bits per heavy atom. The van der Waals surface area contributed by atoms with E-state index < -0.39 is 5.82 Å². The van der Waals surface area contributed by atoms with Gasteiger partial charge in [0.2, 0.25) is 0 Å². The number of hydrogen-bond donors (Lipinski definition) is 0. The number of methoxy groups -OCH3 is 3. The molecule has 0 unspecified atom stereocenters. The van der Waals surface area contributed by atoms with E-state index in [1.165, 1.54) is 24.1 Å². The zero-order valence-electron chi connectivity index (χ0n) is 17.8. The number of halogens is 1. The Bertz CT molecular complexity index is 1240. The third kappa shape index (κ3) is 3.92. The first kappa shape index (κ1) is 21.1. The molecule has 0 bridgehead atoms. The first-order valence-corrected chi connectivity index (χ1v) is 9.81. The predicted octanol–water partition coefficient (Wildman–Crippen LogP) is 4.69. The Hall–Kier alpha value is -4.13. The highest BCUT2D eigenvalue weighted by Gasteiger charge is 2.33. The van der Waals surface area contributed by atoms with Crippen LogP contribution in [0, 0.1) is 5.82 Å². The highest BCUT2D eigenvalue weighted by atomic mass is 19.1. The smallest absolute Gasteiger partial charge is 0.282 e. The minimum absolute atomic E-state index is 0.198. The SMILES string of the molecule is COc1ccccc1/C=C1\N=C(c2ccc(OC)c(OC)c2)N(c2cccc(F)c2)C1=O. The summed E-state index contributed by atoms with van der Waals surface area (Å²) in [6.07, 6.45) is 1.65. The van der Waals surface area contributed by atoms with E-state index in [-0.39, 0.29) is 11.6 Å². The van der Waals surface area contributed by atoms with E-state index in [2.05, 4.69) is 4.99 Å². The van der Waals surface area contributed by atoms with Crippen molar-refractivity contribution in [3.05, 3.63) is 89.4 Å². The van der Waals surface area contributed by atoms with Crippen LogP contribution in [-0.4, -0.2) is 33.1 Å². The van der Waals surface area contributed by atoms with Crippen LogP contribution in [0.1, 0.15) is 11.1 Å². The minimum Gasteiger partial charge on any atom is -0.496 e. The lowest BCUT2D eigenvalue weighted by Gasteiger charge is -2.19. The fourth-order valence-electron chi connectivity index (χ4n) is 3.47. The van der Waals surface area contributed by atoms with E-state index in [9.17, 15) is 9.18 Å². The van der Waals surface area contributed by atoms with Gasteiger partial charge in [0.25, 0.3) is 5.91 Å². The van der Waals surface area contributed by atoms with Crippen molar-refractivity contribution < 1.29 is 23.4 Å². The second-order valence-electron chi connectivity index (χ2n) is 6.90. The zero-order valence-corrected chi connectivity index (χ0v) is 17.8. The van der Waals surface area contributed by atoms with Crippen molar-refractivity contribution in [2.45, 2.75) is 0 Å². The number of nitrogens with zero attached hydrogens (tertiary/aromatic N) is 2. The monoisotopic (exact) mass is 432 g/mol. The number of carbonyl (C=O) groups excluding carboxylic acids is 1. The number of ether oxygens (including phenoxy) is 3. The number of rotatable bonds is 6. The molecule has 0 saturated carbocycles. The van der Waals surface area contributed by atoms with Gasteiger partial charge in [0.1, 0.15) is 23.1 Å². The van der Waals surface area contributed by atoms with E-state index >= 15 is 0 Å². The Kier molecular flexibility index (Phi) is 5.89. The summed E-state index contributed by atoms with van der Waals surface area (Å²) < 4.78 is 30.1. The largest absolute Gasteiger partial charge is 0.496 e. The van der Waals surface area contributed by atoms with E-state index in [0.717, 1.165) is 0 Å². The normalized spacial score (nSPS) is 14.5. The fraction of sp³-hybridized carbons (Fsp3) is 0.120. The average molecular weight is 432 g/mol. The van der Waals surface area contributed by atoms with E-state index in [1.54, 1.807) is 56.7 Å². The number of hydrogen-bond acceptors (Lipinski definition) is 5. The maximum Gasteiger partial charge on any atom is 0.282 e. The highest BCUT2D eigenvalue weighted by Crippen LogP contribution is 2.33. The van der Waals surface area contributed by atoms with Crippen LogP contribution >= 0.6 is 0 Å². The summed E-state index contributed by atoms with van der Waals surface area (Å²) in [4.78, 5) is 19.4. The van der Waals surface area contributed by atoms with Crippen molar-refractivity contribution in [2.75, 3.05) is 26.2 Å². The summed E-state index contributed by atoms with van der Waals surface area (Å²) in [5.74, 6) is 1.16. The molecule has 1 heterocycles. The average Bonchev–Trinajstić information content (AvgIpc) is 3.14. The Morgan fingerprint density at radius 2 is 1.59 bits per heavy atom. The third-order valence-corrected chi connectivity index (χ3v) is 5.00. The van der Waals surface area contributed by atoms with Gasteiger partial charge in [0.05, 0.1) is 27.0 Å². The first-order chi connectivity index (χ1) is 15.5. The quantitative estimate of drug-likeness (QED) is 0.531. The van der Waals surface area contributed by atoms with Crippen LogP contribution in [0.15, 0.2) is 77.4 Å². The van der Waals surface area contributed by atoms with E-state index in [1.807, 2.05) is 18.2 Å². The van der Waals surface area contributed by atoms with Crippen LogP contribution < -0.4 is 19.1 Å². The van der Waals surface area contributed by atoms with Gasteiger partial charge >= 0.3 is 0 Å². The van der Waals surface area contributed by atoms with Crippen molar-refractivity contribution in [1.29, 1.82) is 0 Å². The Morgan fingerprint density at radius 3 is 2.31 bits per heavy atom. The van der Waals surface area contributed by atoms with Gasteiger partial charge in [-0.05, 0) is 48.5 Å². The molecular weight excluding hydrogens is 411 g/mol.